The number of aromatic nitrogens is 2. The van der Waals surface area contributed by atoms with Gasteiger partial charge in [-0.2, -0.15) is 17.5 Å². The van der Waals surface area contributed by atoms with Crippen molar-refractivity contribution in [2.45, 2.75) is 18.3 Å². The van der Waals surface area contributed by atoms with Gasteiger partial charge in [0.05, 0.1) is 19.9 Å². The predicted molar refractivity (Wildman–Crippen MR) is 101 cm³/mol. The van der Waals surface area contributed by atoms with Crippen molar-refractivity contribution in [1.29, 1.82) is 0 Å². The van der Waals surface area contributed by atoms with Gasteiger partial charge in [0.25, 0.3) is 0 Å². The van der Waals surface area contributed by atoms with E-state index in [2.05, 4.69) is 14.3 Å². The first-order valence-corrected chi connectivity index (χ1v) is 10.7. The van der Waals surface area contributed by atoms with Crippen LogP contribution in [0.5, 0.6) is 0 Å². The number of nitrogens with zero attached hydrogens (tertiary/aromatic N) is 3. The van der Waals surface area contributed by atoms with Crippen LogP contribution in [0.4, 0.5) is 18.3 Å². The van der Waals surface area contributed by atoms with Gasteiger partial charge >= 0.3 is 6.18 Å². The Balaban J connectivity index is 1.87. The monoisotopic (exact) mass is 411 g/mol. The summed E-state index contributed by atoms with van der Waals surface area (Å²) in [5.74, 6) is 0. The van der Waals surface area contributed by atoms with Crippen LogP contribution in [0.2, 0.25) is 0 Å². The standard InChI is InChI=1S/C18H16F3N3OS2/c1-12(14-8-9-16(22-10-14)18(19,20)21)27(2,25)24-17-23-11-15(26-17)13-6-4-3-5-7-13/h3-12H,1-2H3. The quantitative estimate of drug-likeness (QED) is 0.552. The minimum Gasteiger partial charge on any atom is -0.251 e. The number of alkyl halides is 3. The van der Waals surface area contributed by atoms with E-state index < -0.39 is 26.8 Å². The Morgan fingerprint density at radius 2 is 1.78 bits per heavy atom. The molecule has 0 N–H and O–H groups in total. The van der Waals surface area contributed by atoms with Crippen LogP contribution in [0.25, 0.3) is 10.4 Å². The van der Waals surface area contributed by atoms with Crippen LogP contribution in [0, 0.1) is 0 Å². The van der Waals surface area contributed by atoms with Crippen molar-refractivity contribution >= 4 is 26.2 Å². The zero-order chi connectivity index (χ0) is 19.7. The van der Waals surface area contributed by atoms with Gasteiger partial charge in [0, 0.05) is 18.6 Å². The highest BCUT2D eigenvalue weighted by Gasteiger charge is 2.32. The van der Waals surface area contributed by atoms with E-state index in [0.29, 0.717) is 10.7 Å². The SMILES string of the molecule is CC(c1ccc(C(F)(F)F)nc1)S(C)(=O)=Nc1ncc(-c2ccccc2)s1. The fourth-order valence-corrected chi connectivity index (χ4v) is 4.76. The lowest BCUT2D eigenvalue weighted by Gasteiger charge is -2.14. The first-order valence-electron chi connectivity index (χ1n) is 7.92. The van der Waals surface area contributed by atoms with Crippen LogP contribution < -0.4 is 0 Å². The summed E-state index contributed by atoms with van der Waals surface area (Å²) in [7, 11) is -2.78. The lowest BCUT2D eigenvalue weighted by Crippen LogP contribution is -2.11. The first kappa shape index (κ1) is 19.5. The number of hydrogen-bond acceptors (Lipinski definition) is 5. The molecule has 0 radical (unpaired) electrons. The van der Waals surface area contributed by atoms with Gasteiger partial charge in [0.2, 0.25) is 5.13 Å². The second kappa shape index (κ2) is 7.40. The molecular weight excluding hydrogens is 395 g/mol. The van der Waals surface area contributed by atoms with E-state index in [1.807, 2.05) is 30.3 Å². The van der Waals surface area contributed by atoms with Crippen LogP contribution in [-0.4, -0.2) is 20.4 Å². The van der Waals surface area contributed by atoms with E-state index in [9.17, 15) is 17.4 Å². The summed E-state index contributed by atoms with van der Waals surface area (Å²) < 4.78 is 55.2. The number of rotatable bonds is 4. The normalized spacial score (nSPS) is 15.1. The third-order valence-corrected chi connectivity index (χ3v) is 7.19. The molecule has 0 fully saturated rings. The highest BCUT2D eigenvalue weighted by atomic mass is 32.2. The van der Waals surface area contributed by atoms with Crippen molar-refractivity contribution in [3.8, 4) is 10.4 Å². The number of halogens is 3. The van der Waals surface area contributed by atoms with Gasteiger partial charge in [0.15, 0.2) is 0 Å². The molecule has 0 saturated carbocycles. The second-order valence-electron chi connectivity index (χ2n) is 5.94. The van der Waals surface area contributed by atoms with E-state index in [4.69, 9.17) is 0 Å². The lowest BCUT2D eigenvalue weighted by molar-refractivity contribution is -0.141. The summed E-state index contributed by atoms with van der Waals surface area (Å²) in [5, 5.41) is -0.232. The molecule has 142 valence electrons. The Hall–Kier alpha value is -2.26. The van der Waals surface area contributed by atoms with Crippen LogP contribution in [-0.2, 0) is 15.9 Å². The Kier molecular flexibility index (Phi) is 5.34. The molecule has 0 bridgehead atoms. The maximum atomic E-state index is 13.0. The van der Waals surface area contributed by atoms with E-state index >= 15 is 0 Å². The molecule has 1 aromatic carbocycles. The number of hydrogen-bond donors (Lipinski definition) is 0. The molecule has 2 unspecified atom stereocenters. The van der Waals surface area contributed by atoms with Crippen molar-refractivity contribution in [2.24, 2.45) is 4.36 Å². The summed E-state index contributed by atoms with van der Waals surface area (Å²) >= 11 is 1.31. The van der Waals surface area contributed by atoms with E-state index in [0.717, 1.165) is 22.7 Å². The van der Waals surface area contributed by atoms with Gasteiger partial charge in [-0.1, -0.05) is 47.7 Å². The molecule has 2 heterocycles. The average molecular weight is 411 g/mol. The molecule has 2 atom stereocenters. The molecule has 0 saturated heterocycles. The topological polar surface area (TPSA) is 55.2 Å². The van der Waals surface area contributed by atoms with Gasteiger partial charge in [-0.15, -0.1) is 0 Å². The maximum Gasteiger partial charge on any atom is 0.433 e. The van der Waals surface area contributed by atoms with Gasteiger partial charge in [-0.25, -0.2) is 9.19 Å². The van der Waals surface area contributed by atoms with E-state index in [1.54, 1.807) is 13.1 Å². The number of benzene rings is 1. The average Bonchev–Trinajstić information content (AvgIpc) is 3.09. The summed E-state index contributed by atoms with van der Waals surface area (Å²) in [6.07, 6.45) is -0.268. The largest absolute Gasteiger partial charge is 0.433 e. The van der Waals surface area contributed by atoms with Gasteiger partial charge in [-0.05, 0) is 24.1 Å². The molecule has 4 nitrogen and oxygen atoms in total. The van der Waals surface area contributed by atoms with E-state index in [1.165, 1.54) is 23.7 Å². The maximum absolute atomic E-state index is 13.0. The summed E-state index contributed by atoms with van der Waals surface area (Å²) in [6.45, 7) is 1.65. The molecule has 9 heteroatoms. The Morgan fingerprint density at radius 3 is 2.37 bits per heavy atom. The zero-order valence-electron chi connectivity index (χ0n) is 14.5. The molecule has 3 rings (SSSR count). The summed E-state index contributed by atoms with van der Waals surface area (Å²) in [4.78, 5) is 8.54. The summed E-state index contributed by atoms with van der Waals surface area (Å²) in [6, 6.07) is 11.8. The smallest absolute Gasteiger partial charge is 0.251 e. The molecule has 0 spiro atoms. The highest BCUT2D eigenvalue weighted by Crippen LogP contribution is 2.34. The van der Waals surface area contributed by atoms with Gasteiger partial charge < -0.3 is 0 Å². The molecule has 2 aromatic heterocycles. The van der Waals surface area contributed by atoms with E-state index in [-0.39, 0.29) is 0 Å². The number of thiazole rings is 1. The van der Waals surface area contributed by atoms with Crippen LogP contribution in [0.15, 0.2) is 59.2 Å². The molecule has 0 aliphatic rings. The molecule has 27 heavy (non-hydrogen) atoms. The minimum atomic E-state index is -4.51. The van der Waals surface area contributed by atoms with Crippen LogP contribution in [0.3, 0.4) is 0 Å². The van der Waals surface area contributed by atoms with Gasteiger partial charge in [0.1, 0.15) is 5.69 Å². The third kappa shape index (κ3) is 4.54. The first-order chi connectivity index (χ1) is 12.7. The lowest BCUT2D eigenvalue weighted by atomic mass is 10.2. The Bertz CT molecular complexity index is 1040. The van der Waals surface area contributed by atoms with Crippen molar-refractivity contribution in [2.75, 3.05) is 6.26 Å². The van der Waals surface area contributed by atoms with Crippen molar-refractivity contribution in [3.05, 3.63) is 66.1 Å². The van der Waals surface area contributed by atoms with Crippen LogP contribution >= 0.6 is 11.3 Å². The molecule has 0 aliphatic heterocycles. The second-order valence-corrected chi connectivity index (χ2v) is 9.56. The Labute approximate surface area is 159 Å². The fraction of sp³-hybridized carbons (Fsp3) is 0.222. The number of pyridine rings is 1. The summed E-state index contributed by atoms with van der Waals surface area (Å²) in [5.41, 5.74) is 0.434. The van der Waals surface area contributed by atoms with Gasteiger partial charge in [-0.3, -0.25) is 4.98 Å². The zero-order valence-corrected chi connectivity index (χ0v) is 16.1. The predicted octanol–water partition coefficient (Wildman–Crippen LogP) is 5.71. The molecule has 3 aromatic rings. The highest BCUT2D eigenvalue weighted by molar-refractivity contribution is 7.93. The minimum absolute atomic E-state index is 0.369. The molecular formula is C18H16F3N3OS2. The third-order valence-electron chi connectivity index (χ3n) is 4.01. The van der Waals surface area contributed by atoms with Crippen molar-refractivity contribution < 1.29 is 17.4 Å². The van der Waals surface area contributed by atoms with Crippen molar-refractivity contribution in [3.63, 3.8) is 0 Å². The fourth-order valence-electron chi connectivity index (χ4n) is 2.34. The van der Waals surface area contributed by atoms with Crippen molar-refractivity contribution in [1.82, 2.24) is 9.97 Å². The molecule has 0 aliphatic carbocycles. The molecule has 0 amide bonds. The van der Waals surface area contributed by atoms with Crippen LogP contribution in [0.1, 0.15) is 23.4 Å². The Morgan fingerprint density at radius 1 is 1.07 bits per heavy atom.